The quantitative estimate of drug-likeness (QED) is 0.440. The van der Waals surface area contributed by atoms with Crippen molar-refractivity contribution < 1.29 is 4.39 Å². The minimum absolute atomic E-state index is 0.0680. The van der Waals surface area contributed by atoms with Crippen LogP contribution < -0.4 is 0 Å². The van der Waals surface area contributed by atoms with Crippen molar-refractivity contribution in [3.05, 3.63) is 102 Å². The van der Waals surface area contributed by atoms with Gasteiger partial charge in [0.25, 0.3) is 0 Å². The van der Waals surface area contributed by atoms with Crippen molar-refractivity contribution in [1.29, 1.82) is 0 Å². The number of hydrogen-bond acceptors (Lipinski definition) is 3. The maximum absolute atomic E-state index is 13.5. The van der Waals surface area contributed by atoms with E-state index >= 15 is 0 Å². The Hall–Kier alpha value is -3.60. The molecule has 0 saturated carbocycles. The molecule has 0 amide bonds. The number of rotatable bonds is 4. The first kappa shape index (κ1) is 18.4. The van der Waals surface area contributed by atoms with E-state index in [1.165, 1.54) is 12.1 Å². The maximum atomic E-state index is 13.5. The Bertz CT molecular complexity index is 1200. The van der Waals surface area contributed by atoms with Gasteiger partial charge in [-0.2, -0.15) is 5.10 Å². The largest absolute Gasteiger partial charge is 0.259 e. The summed E-state index contributed by atoms with van der Waals surface area (Å²) >= 11 is 0. The van der Waals surface area contributed by atoms with Gasteiger partial charge in [-0.25, -0.2) is 14.1 Å². The van der Waals surface area contributed by atoms with Crippen LogP contribution in [0.2, 0.25) is 0 Å². The van der Waals surface area contributed by atoms with Crippen molar-refractivity contribution in [2.24, 2.45) is 4.99 Å². The van der Waals surface area contributed by atoms with Crippen LogP contribution in [0.1, 0.15) is 36.3 Å². The fourth-order valence-electron chi connectivity index (χ4n) is 4.01. The van der Waals surface area contributed by atoms with E-state index in [1.807, 2.05) is 41.1 Å². The number of pyridine rings is 1. The minimum atomic E-state index is -0.250. The summed E-state index contributed by atoms with van der Waals surface area (Å²) in [5.41, 5.74) is 5.94. The van der Waals surface area contributed by atoms with Crippen molar-refractivity contribution in [3.8, 4) is 11.1 Å². The van der Waals surface area contributed by atoms with Crippen LogP contribution in [0.15, 0.2) is 84.0 Å². The molecule has 0 aliphatic carbocycles. The Kier molecular flexibility index (Phi) is 4.71. The lowest BCUT2D eigenvalue weighted by molar-refractivity contribution is 0.516. The minimum Gasteiger partial charge on any atom is -0.259 e. The summed E-state index contributed by atoms with van der Waals surface area (Å²) in [6, 6.07) is 22.7. The molecule has 5 rings (SSSR count). The molecule has 0 unspecified atom stereocenters. The van der Waals surface area contributed by atoms with Gasteiger partial charge in [0.2, 0.25) is 0 Å². The van der Waals surface area contributed by atoms with E-state index in [9.17, 15) is 4.39 Å². The summed E-state index contributed by atoms with van der Waals surface area (Å²) in [6.45, 7) is 2.11. The fraction of sp³-hybridized carbons (Fsp3) is 0.160. The van der Waals surface area contributed by atoms with Crippen LogP contribution in [0.3, 0.4) is 0 Å². The molecule has 3 heterocycles. The lowest BCUT2D eigenvalue weighted by atomic mass is 9.97. The smallest absolute Gasteiger partial charge is 0.159 e. The van der Waals surface area contributed by atoms with E-state index in [-0.39, 0.29) is 11.9 Å². The number of halogens is 1. The maximum Gasteiger partial charge on any atom is 0.159 e. The zero-order chi connectivity index (χ0) is 20.5. The van der Waals surface area contributed by atoms with E-state index in [0.29, 0.717) is 6.42 Å². The highest BCUT2D eigenvalue weighted by atomic mass is 19.1. The summed E-state index contributed by atoms with van der Waals surface area (Å²) in [5, 5.41) is 4.96. The molecule has 0 N–H and O–H groups in total. The molecular weight excluding hydrogens is 375 g/mol. The Morgan fingerprint density at radius 2 is 1.70 bits per heavy atom. The lowest BCUT2D eigenvalue weighted by Crippen LogP contribution is -2.22. The third kappa shape index (κ3) is 3.22. The van der Waals surface area contributed by atoms with Gasteiger partial charge in [-0.1, -0.05) is 55.5 Å². The number of hydrogen-bond donors (Lipinski definition) is 0. The normalized spacial score (nSPS) is 15.5. The molecule has 5 heteroatoms. The molecule has 4 nitrogen and oxygen atoms in total. The molecule has 148 valence electrons. The van der Waals surface area contributed by atoms with Crippen LogP contribution in [-0.4, -0.2) is 20.5 Å². The van der Waals surface area contributed by atoms with E-state index < -0.39 is 0 Å². The zero-order valence-corrected chi connectivity index (χ0v) is 16.7. The van der Waals surface area contributed by atoms with Gasteiger partial charge in [0.1, 0.15) is 11.9 Å². The van der Waals surface area contributed by atoms with Crippen molar-refractivity contribution in [1.82, 2.24) is 14.8 Å². The summed E-state index contributed by atoms with van der Waals surface area (Å²) in [4.78, 5) is 9.64. The molecule has 4 aromatic rings. The van der Waals surface area contributed by atoms with Crippen LogP contribution >= 0.6 is 0 Å². The predicted octanol–water partition coefficient (Wildman–Crippen LogP) is 5.76. The molecular formula is C25H21FN4. The van der Waals surface area contributed by atoms with Crippen LogP contribution in [0.25, 0.3) is 11.1 Å². The van der Waals surface area contributed by atoms with Crippen LogP contribution in [0.5, 0.6) is 0 Å². The monoisotopic (exact) mass is 396 g/mol. The second-order valence-electron chi connectivity index (χ2n) is 7.35. The summed E-state index contributed by atoms with van der Waals surface area (Å²) < 4.78 is 15.5. The summed E-state index contributed by atoms with van der Waals surface area (Å²) in [7, 11) is 0. The third-order valence-corrected chi connectivity index (χ3v) is 5.48. The summed E-state index contributed by atoms with van der Waals surface area (Å²) in [5.74, 6) is 0.582. The SMILES string of the molecule is CCc1nn2c(c1-c1ccccc1)N=C(c1ccc(F)cc1)C[C@H]2c1ccccn1. The van der Waals surface area contributed by atoms with Crippen molar-refractivity contribution >= 4 is 11.5 Å². The molecule has 1 aliphatic rings. The molecule has 2 aromatic heterocycles. The van der Waals surface area contributed by atoms with E-state index in [2.05, 4.69) is 24.0 Å². The fourth-order valence-corrected chi connectivity index (χ4v) is 4.01. The molecule has 0 bridgehead atoms. The number of aliphatic imine (C=N–C) groups is 1. The molecule has 0 fully saturated rings. The van der Waals surface area contributed by atoms with Gasteiger partial charge < -0.3 is 0 Å². The van der Waals surface area contributed by atoms with E-state index in [0.717, 1.165) is 46.0 Å². The second-order valence-corrected chi connectivity index (χ2v) is 7.35. The average Bonchev–Trinajstić information content (AvgIpc) is 3.18. The Morgan fingerprint density at radius 1 is 0.933 bits per heavy atom. The first-order valence-corrected chi connectivity index (χ1v) is 10.2. The molecule has 2 aromatic carbocycles. The zero-order valence-electron chi connectivity index (χ0n) is 16.7. The number of aromatic nitrogens is 3. The van der Waals surface area contributed by atoms with Gasteiger partial charge in [-0.3, -0.25) is 4.98 Å². The second kappa shape index (κ2) is 7.67. The molecule has 30 heavy (non-hydrogen) atoms. The van der Waals surface area contributed by atoms with Gasteiger partial charge in [-0.05, 0) is 41.8 Å². The van der Waals surface area contributed by atoms with Crippen molar-refractivity contribution in [3.63, 3.8) is 0 Å². The highest BCUT2D eigenvalue weighted by Gasteiger charge is 2.30. The van der Waals surface area contributed by atoms with Gasteiger partial charge in [-0.15, -0.1) is 0 Å². The predicted molar refractivity (Wildman–Crippen MR) is 117 cm³/mol. The van der Waals surface area contributed by atoms with E-state index in [4.69, 9.17) is 10.1 Å². The molecule has 0 radical (unpaired) electrons. The Balaban J connectivity index is 1.74. The van der Waals surface area contributed by atoms with Crippen LogP contribution in [-0.2, 0) is 6.42 Å². The molecule has 1 atom stereocenters. The van der Waals surface area contributed by atoms with Crippen LogP contribution in [0, 0.1) is 5.82 Å². The van der Waals surface area contributed by atoms with Gasteiger partial charge in [0.15, 0.2) is 5.82 Å². The van der Waals surface area contributed by atoms with E-state index in [1.54, 1.807) is 18.3 Å². The topological polar surface area (TPSA) is 43.1 Å². The number of benzene rings is 2. The Labute approximate surface area is 174 Å². The van der Waals surface area contributed by atoms with Crippen molar-refractivity contribution in [2.75, 3.05) is 0 Å². The molecule has 0 saturated heterocycles. The molecule has 0 spiro atoms. The highest BCUT2D eigenvalue weighted by molar-refractivity contribution is 6.04. The number of fused-ring (bicyclic) bond motifs is 1. The van der Waals surface area contributed by atoms with Gasteiger partial charge in [0.05, 0.1) is 17.1 Å². The first-order valence-electron chi connectivity index (χ1n) is 10.2. The van der Waals surface area contributed by atoms with Gasteiger partial charge >= 0.3 is 0 Å². The average molecular weight is 396 g/mol. The van der Waals surface area contributed by atoms with Crippen molar-refractivity contribution in [2.45, 2.75) is 25.8 Å². The third-order valence-electron chi connectivity index (χ3n) is 5.48. The standard InChI is InChI=1S/C25H21FN4/c1-2-20-24(18-8-4-3-5-9-18)25-28-22(17-11-13-19(26)14-12-17)16-23(30(25)29-20)21-10-6-7-15-27-21/h3-15,23H,2,16H2,1H3/t23-/m0/s1. The first-order chi connectivity index (χ1) is 14.7. The number of aryl methyl sites for hydroxylation is 1. The highest BCUT2D eigenvalue weighted by Crippen LogP contribution is 2.41. The van der Waals surface area contributed by atoms with Crippen LogP contribution in [0.4, 0.5) is 10.2 Å². The van der Waals surface area contributed by atoms with Gasteiger partial charge in [0, 0.05) is 18.2 Å². The summed E-state index contributed by atoms with van der Waals surface area (Å²) in [6.07, 6.45) is 3.26. The Morgan fingerprint density at radius 3 is 2.40 bits per heavy atom. The lowest BCUT2D eigenvalue weighted by Gasteiger charge is -2.24. The molecule has 1 aliphatic heterocycles. The number of nitrogens with zero attached hydrogens (tertiary/aromatic N) is 4.